The van der Waals surface area contributed by atoms with Crippen molar-refractivity contribution < 1.29 is 39.4 Å². The highest BCUT2D eigenvalue weighted by Gasteiger charge is 2.53. The molecule has 0 amide bonds. The Kier molecular flexibility index (Phi) is 6.05. The van der Waals surface area contributed by atoms with Crippen molar-refractivity contribution in [1.82, 2.24) is 0 Å². The van der Waals surface area contributed by atoms with Crippen molar-refractivity contribution in [2.75, 3.05) is 0 Å². The van der Waals surface area contributed by atoms with Crippen LogP contribution in [0, 0.1) is 6.92 Å². The molecule has 8 rings (SSSR count). The first-order valence-corrected chi connectivity index (χ1v) is 15.2. The standard InChI is InChI=1S/C39H30O8/c1-19(2)4-8-26-30(42)11-10-29(38(26)44)39-37-27(25-9-7-24(41)18-34(25)46-39)12-20(3)13-28(37)36-31(43)14-22(16-35(36)47-39)32-15-21-5-6-23(40)17-33(21)45-32/h4-7,9-18,40-44H,8H2,1-3H3. The van der Waals surface area contributed by atoms with Crippen LogP contribution in [-0.4, -0.2) is 25.5 Å². The number of hydrogen-bond donors (Lipinski definition) is 5. The van der Waals surface area contributed by atoms with Gasteiger partial charge in [0.15, 0.2) is 0 Å². The van der Waals surface area contributed by atoms with Gasteiger partial charge in [0.2, 0.25) is 0 Å². The molecule has 5 aromatic carbocycles. The molecule has 2 aliphatic heterocycles. The molecule has 0 spiro atoms. The molecule has 47 heavy (non-hydrogen) atoms. The maximum absolute atomic E-state index is 11.9. The molecule has 2 aliphatic rings. The highest BCUT2D eigenvalue weighted by Crippen LogP contribution is 2.60. The Hall–Kier alpha value is -6.02. The summed E-state index contributed by atoms with van der Waals surface area (Å²) in [6.07, 6.45) is 2.17. The summed E-state index contributed by atoms with van der Waals surface area (Å²) in [7, 11) is 0. The molecule has 6 aromatic rings. The molecular weight excluding hydrogens is 596 g/mol. The van der Waals surface area contributed by atoms with E-state index in [-0.39, 0.29) is 46.5 Å². The number of aromatic hydroxyl groups is 5. The summed E-state index contributed by atoms with van der Waals surface area (Å²) >= 11 is 0. The Morgan fingerprint density at radius 3 is 2.28 bits per heavy atom. The summed E-state index contributed by atoms with van der Waals surface area (Å²) in [6.45, 7) is 5.82. The molecule has 3 heterocycles. The van der Waals surface area contributed by atoms with Crippen LogP contribution in [0.1, 0.15) is 36.1 Å². The van der Waals surface area contributed by atoms with E-state index in [0.29, 0.717) is 50.5 Å². The second-order valence-electron chi connectivity index (χ2n) is 12.4. The molecule has 234 valence electrons. The molecule has 1 unspecified atom stereocenters. The number of ether oxygens (including phenoxy) is 2. The van der Waals surface area contributed by atoms with Crippen LogP contribution < -0.4 is 9.47 Å². The van der Waals surface area contributed by atoms with E-state index in [1.54, 1.807) is 42.5 Å². The van der Waals surface area contributed by atoms with Crippen LogP contribution in [0.2, 0.25) is 0 Å². The van der Waals surface area contributed by atoms with Gasteiger partial charge in [0, 0.05) is 39.8 Å². The third-order valence-corrected chi connectivity index (χ3v) is 8.84. The number of benzene rings is 5. The van der Waals surface area contributed by atoms with Crippen molar-refractivity contribution in [1.29, 1.82) is 0 Å². The fraction of sp³-hybridized carbons (Fsp3) is 0.128. The molecule has 0 bridgehead atoms. The number of furan rings is 1. The minimum absolute atomic E-state index is 0.0125. The van der Waals surface area contributed by atoms with Gasteiger partial charge >= 0.3 is 5.79 Å². The van der Waals surface area contributed by atoms with Crippen molar-refractivity contribution in [3.63, 3.8) is 0 Å². The van der Waals surface area contributed by atoms with E-state index in [1.807, 2.05) is 45.0 Å². The molecule has 1 atom stereocenters. The average molecular weight is 627 g/mol. The number of fused-ring (bicyclic) bond motifs is 5. The van der Waals surface area contributed by atoms with Crippen LogP contribution in [0.4, 0.5) is 0 Å². The van der Waals surface area contributed by atoms with E-state index in [1.165, 1.54) is 18.2 Å². The molecular formula is C39H30O8. The third-order valence-electron chi connectivity index (χ3n) is 8.84. The summed E-state index contributed by atoms with van der Waals surface area (Å²) in [4.78, 5) is 0. The average Bonchev–Trinajstić information content (AvgIpc) is 3.43. The Bertz CT molecular complexity index is 2330. The van der Waals surface area contributed by atoms with Crippen molar-refractivity contribution >= 4 is 11.0 Å². The molecule has 8 heteroatoms. The zero-order chi connectivity index (χ0) is 32.8. The second kappa shape index (κ2) is 9.99. The molecule has 0 saturated heterocycles. The number of aryl methyl sites for hydroxylation is 1. The van der Waals surface area contributed by atoms with Crippen LogP contribution in [0.3, 0.4) is 0 Å². The van der Waals surface area contributed by atoms with E-state index >= 15 is 0 Å². The van der Waals surface area contributed by atoms with E-state index in [9.17, 15) is 25.5 Å². The largest absolute Gasteiger partial charge is 0.508 e. The van der Waals surface area contributed by atoms with Crippen molar-refractivity contribution in [2.24, 2.45) is 0 Å². The van der Waals surface area contributed by atoms with Gasteiger partial charge in [-0.05, 0) is 92.9 Å². The fourth-order valence-electron chi connectivity index (χ4n) is 6.70. The van der Waals surface area contributed by atoms with Gasteiger partial charge in [0.1, 0.15) is 51.6 Å². The van der Waals surface area contributed by atoms with E-state index in [4.69, 9.17) is 13.9 Å². The number of allylic oxidation sites excluding steroid dienone is 2. The zero-order valence-corrected chi connectivity index (χ0v) is 25.8. The zero-order valence-electron chi connectivity index (χ0n) is 25.8. The summed E-state index contributed by atoms with van der Waals surface area (Å²) in [6, 6.07) is 21.8. The lowest BCUT2D eigenvalue weighted by atomic mass is 9.78. The maximum Gasteiger partial charge on any atom is 0.310 e. The van der Waals surface area contributed by atoms with Gasteiger partial charge in [0.25, 0.3) is 0 Å². The minimum Gasteiger partial charge on any atom is -0.508 e. The lowest BCUT2D eigenvalue weighted by Gasteiger charge is -2.45. The first-order chi connectivity index (χ1) is 22.5. The first kappa shape index (κ1) is 28.5. The maximum atomic E-state index is 11.9. The van der Waals surface area contributed by atoms with Crippen LogP contribution >= 0.6 is 0 Å². The highest BCUT2D eigenvalue weighted by atomic mass is 16.7. The molecule has 0 aliphatic carbocycles. The molecule has 0 radical (unpaired) electrons. The van der Waals surface area contributed by atoms with Gasteiger partial charge in [-0.1, -0.05) is 23.8 Å². The lowest BCUT2D eigenvalue weighted by molar-refractivity contribution is -0.0893. The second-order valence-corrected chi connectivity index (χ2v) is 12.4. The highest BCUT2D eigenvalue weighted by molar-refractivity contribution is 5.93. The summed E-state index contributed by atoms with van der Waals surface area (Å²) in [5, 5.41) is 55.6. The van der Waals surface area contributed by atoms with Crippen molar-refractivity contribution in [3.8, 4) is 73.8 Å². The topological polar surface area (TPSA) is 133 Å². The smallest absolute Gasteiger partial charge is 0.310 e. The first-order valence-electron chi connectivity index (χ1n) is 15.2. The predicted octanol–water partition coefficient (Wildman–Crippen LogP) is 8.76. The van der Waals surface area contributed by atoms with Gasteiger partial charge < -0.3 is 39.4 Å². The monoisotopic (exact) mass is 626 g/mol. The van der Waals surface area contributed by atoms with Gasteiger partial charge in [0.05, 0.1) is 16.7 Å². The molecule has 1 aromatic heterocycles. The van der Waals surface area contributed by atoms with Crippen LogP contribution in [-0.2, 0) is 12.2 Å². The van der Waals surface area contributed by atoms with Crippen LogP contribution in [0.15, 0.2) is 94.9 Å². The third kappa shape index (κ3) is 4.29. The SMILES string of the molecule is CC(C)=CCc1c(O)ccc(C23Oc4cc(O)ccc4-c4cc(C)cc(c42)-c2c(O)cc(-c4cc5ccc(O)cc5o4)cc2O3)c1O. The van der Waals surface area contributed by atoms with Gasteiger partial charge in [-0.25, -0.2) is 0 Å². The van der Waals surface area contributed by atoms with E-state index in [0.717, 1.165) is 22.1 Å². The van der Waals surface area contributed by atoms with Gasteiger partial charge in [-0.2, -0.15) is 0 Å². The summed E-state index contributed by atoms with van der Waals surface area (Å²) in [5.74, 6) is -1.06. The Morgan fingerprint density at radius 1 is 0.723 bits per heavy atom. The summed E-state index contributed by atoms with van der Waals surface area (Å²) < 4.78 is 19.7. The Balaban J connectivity index is 1.43. The molecule has 0 saturated carbocycles. The molecule has 8 nitrogen and oxygen atoms in total. The lowest BCUT2D eigenvalue weighted by Crippen LogP contribution is -2.45. The number of hydrogen-bond acceptors (Lipinski definition) is 8. The summed E-state index contributed by atoms with van der Waals surface area (Å²) in [5.41, 5.74) is 6.52. The number of phenols is 5. The Labute approximate surface area is 269 Å². The predicted molar refractivity (Wildman–Crippen MR) is 177 cm³/mol. The van der Waals surface area contributed by atoms with Gasteiger partial charge in [-0.15, -0.1) is 0 Å². The van der Waals surface area contributed by atoms with Crippen molar-refractivity contribution in [2.45, 2.75) is 33.0 Å². The minimum atomic E-state index is -1.80. The Morgan fingerprint density at radius 2 is 1.47 bits per heavy atom. The van der Waals surface area contributed by atoms with Crippen LogP contribution in [0.5, 0.6) is 40.2 Å². The molecule has 0 fully saturated rings. The van der Waals surface area contributed by atoms with Crippen molar-refractivity contribution in [3.05, 3.63) is 113 Å². The van der Waals surface area contributed by atoms with Gasteiger partial charge in [-0.3, -0.25) is 0 Å². The molecule has 5 N–H and O–H groups in total. The van der Waals surface area contributed by atoms with E-state index < -0.39 is 5.79 Å². The normalized spacial score (nSPS) is 15.6. The quantitative estimate of drug-likeness (QED) is 0.123. The van der Waals surface area contributed by atoms with E-state index in [2.05, 4.69) is 0 Å². The van der Waals surface area contributed by atoms with Crippen LogP contribution in [0.25, 0.3) is 44.5 Å². The number of phenolic OH excluding ortho intramolecular Hbond substituents is 5. The fourth-order valence-corrected chi connectivity index (χ4v) is 6.70. The number of rotatable bonds is 4.